The Morgan fingerprint density at radius 2 is 1.90 bits per heavy atom. The molecular formula is C21H27N3O5. The lowest BCUT2D eigenvalue weighted by Crippen LogP contribution is -2.21. The number of methoxy groups -OCH3 is 2. The summed E-state index contributed by atoms with van der Waals surface area (Å²) in [6.07, 6.45) is 2.91. The highest BCUT2D eigenvalue weighted by atomic mass is 16.5. The van der Waals surface area contributed by atoms with Crippen molar-refractivity contribution < 1.29 is 23.8 Å². The highest BCUT2D eigenvalue weighted by molar-refractivity contribution is 5.91. The number of rotatable bonds is 7. The summed E-state index contributed by atoms with van der Waals surface area (Å²) < 4.78 is 17.1. The molecular weight excluding hydrogens is 374 g/mol. The van der Waals surface area contributed by atoms with Crippen LogP contribution in [-0.2, 0) is 26.8 Å². The topological polar surface area (TPSA) is 91.7 Å². The van der Waals surface area contributed by atoms with Crippen LogP contribution in [0.15, 0.2) is 30.3 Å². The molecule has 0 aliphatic heterocycles. The van der Waals surface area contributed by atoms with Crippen molar-refractivity contribution in [2.75, 3.05) is 26.1 Å². The molecule has 1 heterocycles. The number of ether oxygens (including phenoxy) is 3. The third-order valence-electron chi connectivity index (χ3n) is 4.08. The Morgan fingerprint density at radius 3 is 2.48 bits per heavy atom. The van der Waals surface area contributed by atoms with Crippen LogP contribution in [0.4, 0.5) is 5.82 Å². The molecule has 0 aliphatic carbocycles. The molecule has 0 atom stereocenters. The second kappa shape index (κ2) is 9.27. The summed E-state index contributed by atoms with van der Waals surface area (Å²) in [5.41, 5.74) is 1.50. The van der Waals surface area contributed by atoms with Gasteiger partial charge in [-0.25, -0.2) is 4.79 Å². The number of carbonyl (C=O) groups is 2. The molecule has 0 saturated heterocycles. The summed E-state index contributed by atoms with van der Waals surface area (Å²) in [6.45, 7) is 5.98. The van der Waals surface area contributed by atoms with Crippen molar-refractivity contribution in [1.82, 2.24) is 9.78 Å². The number of anilines is 1. The van der Waals surface area contributed by atoms with Gasteiger partial charge < -0.3 is 19.5 Å². The Hall–Kier alpha value is -3.29. The van der Waals surface area contributed by atoms with Crippen molar-refractivity contribution in [2.24, 2.45) is 7.05 Å². The molecule has 0 aliphatic rings. The second-order valence-corrected chi connectivity index (χ2v) is 7.39. The summed E-state index contributed by atoms with van der Waals surface area (Å²) >= 11 is 0. The van der Waals surface area contributed by atoms with Crippen molar-refractivity contribution in [3.63, 3.8) is 0 Å². The summed E-state index contributed by atoms with van der Waals surface area (Å²) in [5, 5.41) is 7.22. The van der Waals surface area contributed by atoms with E-state index in [-0.39, 0.29) is 17.9 Å². The van der Waals surface area contributed by atoms with Crippen LogP contribution < -0.4 is 14.8 Å². The van der Waals surface area contributed by atoms with Crippen LogP contribution in [0.3, 0.4) is 0 Å². The van der Waals surface area contributed by atoms with Crippen LogP contribution in [-0.4, -0.2) is 42.5 Å². The zero-order chi connectivity index (χ0) is 21.6. The molecule has 8 nitrogen and oxygen atoms in total. The van der Waals surface area contributed by atoms with Gasteiger partial charge in [0.15, 0.2) is 18.1 Å². The predicted octanol–water partition coefficient (Wildman–Crippen LogP) is 2.93. The SMILES string of the molecule is COC(=O)C=Cc1ccc(OCC(=O)Nc2cc(C(C)(C)C)nn2C)c(OC)c1. The molecule has 1 aromatic carbocycles. The number of nitrogens with zero attached hydrogens (tertiary/aromatic N) is 2. The molecule has 0 saturated carbocycles. The molecule has 1 N–H and O–H groups in total. The summed E-state index contributed by atoms with van der Waals surface area (Å²) in [7, 11) is 4.58. The fourth-order valence-corrected chi connectivity index (χ4v) is 2.41. The van der Waals surface area contributed by atoms with E-state index in [1.54, 1.807) is 36.0 Å². The fourth-order valence-electron chi connectivity index (χ4n) is 2.41. The number of esters is 1. The van der Waals surface area contributed by atoms with Crippen molar-refractivity contribution in [3.05, 3.63) is 41.6 Å². The number of hydrogen-bond donors (Lipinski definition) is 1. The van der Waals surface area contributed by atoms with Crippen LogP contribution in [0.25, 0.3) is 6.08 Å². The maximum atomic E-state index is 12.3. The molecule has 0 radical (unpaired) electrons. The summed E-state index contributed by atoms with van der Waals surface area (Å²) in [5.74, 6) is 0.688. The van der Waals surface area contributed by atoms with Crippen LogP contribution >= 0.6 is 0 Å². The first-order valence-electron chi connectivity index (χ1n) is 9.05. The number of benzene rings is 1. The molecule has 0 bridgehead atoms. The summed E-state index contributed by atoms with van der Waals surface area (Å²) in [6, 6.07) is 6.96. The van der Waals surface area contributed by atoms with E-state index < -0.39 is 5.97 Å². The molecule has 0 spiro atoms. The van der Waals surface area contributed by atoms with Crippen molar-refractivity contribution in [1.29, 1.82) is 0 Å². The molecule has 0 fully saturated rings. The number of nitrogens with one attached hydrogen (secondary N) is 1. The number of carbonyl (C=O) groups excluding carboxylic acids is 2. The largest absolute Gasteiger partial charge is 0.493 e. The third kappa shape index (κ3) is 6.10. The maximum absolute atomic E-state index is 12.3. The molecule has 8 heteroatoms. The quantitative estimate of drug-likeness (QED) is 0.567. The van der Waals surface area contributed by atoms with Gasteiger partial charge in [-0.05, 0) is 23.8 Å². The van der Waals surface area contributed by atoms with E-state index in [2.05, 4.69) is 35.9 Å². The first-order chi connectivity index (χ1) is 13.6. The van der Waals surface area contributed by atoms with Gasteiger partial charge in [0.05, 0.1) is 19.9 Å². The van der Waals surface area contributed by atoms with Gasteiger partial charge in [-0.15, -0.1) is 0 Å². The monoisotopic (exact) mass is 401 g/mol. The average molecular weight is 401 g/mol. The molecule has 0 unspecified atom stereocenters. The molecule has 156 valence electrons. The van der Waals surface area contributed by atoms with E-state index in [1.807, 2.05) is 6.07 Å². The average Bonchev–Trinajstić information content (AvgIpc) is 3.05. The number of hydrogen-bond acceptors (Lipinski definition) is 6. The van der Waals surface area contributed by atoms with E-state index in [0.717, 1.165) is 11.3 Å². The number of aryl methyl sites for hydroxylation is 1. The predicted molar refractivity (Wildman–Crippen MR) is 110 cm³/mol. The van der Waals surface area contributed by atoms with Gasteiger partial charge in [-0.2, -0.15) is 5.10 Å². The fraction of sp³-hybridized carbons (Fsp3) is 0.381. The Morgan fingerprint density at radius 1 is 1.17 bits per heavy atom. The Labute approximate surface area is 170 Å². The second-order valence-electron chi connectivity index (χ2n) is 7.39. The third-order valence-corrected chi connectivity index (χ3v) is 4.08. The van der Waals surface area contributed by atoms with Gasteiger partial charge in [-0.1, -0.05) is 26.8 Å². The minimum Gasteiger partial charge on any atom is -0.493 e. The molecule has 2 aromatic rings. The standard InChI is InChI=1S/C21H27N3O5/c1-21(2,3)17-12-18(24(4)23-17)22-19(25)13-29-15-9-7-14(11-16(15)27-5)8-10-20(26)28-6/h7-12H,13H2,1-6H3,(H,22,25). The van der Waals surface area contributed by atoms with Gasteiger partial charge in [0.25, 0.3) is 5.91 Å². The van der Waals surface area contributed by atoms with Gasteiger partial charge in [0.1, 0.15) is 5.82 Å². The Bertz CT molecular complexity index is 910. The minimum atomic E-state index is -0.453. The van der Waals surface area contributed by atoms with Crippen LogP contribution in [0.5, 0.6) is 11.5 Å². The van der Waals surface area contributed by atoms with Crippen molar-refractivity contribution in [2.45, 2.75) is 26.2 Å². The van der Waals surface area contributed by atoms with Crippen LogP contribution in [0.1, 0.15) is 32.0 Å². The lowest BCUT2D eigenvalue weighted by atomic mass is 9.92. The maximum Gasteiger partial charge on any atom is 0.330 e. The smallest absolute Gasteiger partial charge is 0.330 e. The first-order valence-corrected chi connectivity index (χ1v) is 9.05. The Balaban J connectivity index is 2.02. The zero-order valence-electron chi connectivity index (χ0n) is 17.6. The minimum absolute atomic E-state index is 0.116. The lowest BCUT2D eigenvalue weighted by Gasteiger charge is -2.13. The van der Waals surface area contributed by atoms with Crippen LogP contribution in [0.2, 0.25) is 0 Å². The zero-order valence-corrected chi connectivity index (χ0v) is 17.6. The van der Waals surface area contributed by atoms with E-state index in [0.29, 0.717) is 17.3 Å². The van der Waals surface area contributed by atoms with Gasteiger partial charge in [0, 0.05) is 24.6 Å². The first kappa shape index (κ1) is 22.0. The normalized spacial score (nSPS) is 11.4. The molecule has 1 aromatic heterocycles. The van der Waals surface area contributed by atoms with Gasteiger partial charge in [0.2, 0.25) is 0 Å². The molecule has 2 rings (SSSR count). The molecule has 29 heavy (non-hydrogen) atoms. The van der Waals surface area contributed by atoms with E-state index in [1.165, 1.54) is 20.3 Å². The highest BCUT2D eigenvalue weighted by Gasteiger charge is 2.20. The van der Waals surface area contributed by atoms with Crippen LogP contribution in [0, 0.1) is 0 Å². The van der Waals surface area contributed by atoms with Gasteiger partial charge in [-0.3, -0.25) is 9.48 Å². The van der Waals surface area contributed by atoms with E-state index >= 15 is 0 Å². The summed E-state index contributed by atoms with van der Waals surface area (Å²) in [4.78, 5) is 23.5. The number of amides is 1. The van der Waals surface area contributed by atoms with E-state index in [9.17, 15) is 9.59 Å². The van der Waals surface area contributed by atoms with Crippen molar-refractivity contribution in [3.8, 4) is 11.5 Å². The molecule has 1 amide bonds. The highest BCUT2D eigenvalue weighted by Crippen LogP contribution is 2.29. The number of aromatic nitrogens is 2. The van der Waals surface area contributed by atoms with Gasteiger partial charge >= 0.3 is 5.97 Å². The van der Waals surface area contributed by atoms with Crippen molar-refractivity contribution >= 4 is 23.8 Å². The lowest BCUT2D eigenvalue weighted by molar-refractivity contribution is -0.134. The Kier molecular flexibility index (Phi) is 7.03. The van der Waals surface area contributed by atoms with E-state index in [4.69, 9.17) is 9.47 Å².